The first-order valence-corrected chi connectivity index (χ1v) is 6.52. The van der Waals surface area contributed by atoms with Gasteiger partial charge in [-0.05, 0) is 24.5 Å². The van der Waals surface area contributed by atoms with E-state index in [9.17, 15) is 4.79 Å². The van der Waals surface area contributed by atoms with Crippen molar-refractivity contribution in [3.05, 3.63) is 33.8 Å². The fourth-order valence-corrected chi connectivity index (χ4v) is 2.03. The Bertz CT molecular complexity index is 407. The van der Waals surface area contributed by atoms with Gasteiger partial charge >= 0.3 is 5.97 Å². The zero-order chi connectivity index (χ0) is 13.7. The third-order valence-corrected chi connectivity index (χ3v) is 3.16. The molecule has 108 valence electrons. The molecule has 19 heavy (non-hydrogen) atoms. The zero-order valence-corrected chi connectivity index (χ0v) is 13.5. The molecule has 0 radical (unpaired) electrons. The van der Waals surface area contributed by atoms with Crippen LogP contribution in [0.4, 0.5) is 0 Å². The molecule has 1 aromatic carbocycles. The van der Waals surface area contributed by atoms with Crippen LogP contribution in [0.1, 0.15) is 25.8 Å². The van der Waals surface area contributed by atoms with E-state index >= 15 is 0 Å². The molecule has 0 fully saturated rings. The van der Waals surface area contributed by atoms with Crippen LogP contribution in [0.3, 0.4) is 0 Å². The van der Waals surface area contributed by atoms with Crippen LogP contribution in [0.15, 0.2) is 18.2 Å². The van der Waals surface area contributed by atoms with Gasteiger partial charge in [0.1, 0.15) is 12.6 Å². The van der Waals surface area contributed by atoms with Crippen LogP contribution in [-0.2, 0) is 16.1 Å². The quantitative estimate of drug-likeness (QED) is 0.843. The monoisotopic (exact) mass is 323 g/mol. The minimum absolute atomic E-state index is 0. The number of ether oxygens (including phenoxy) is 1. The van der Waals surface area contributed by atoms with Gasteiger partial charge in [-0.2, -0.15) is 13.5 Å². The summed E-state index contributed by atoms with van der Waals surface area (Å²) in [5.74, 6) is -0.0869. The van der Waals surface area contributed by atoms with Crippen molar-refractivity contribution >= 4 is 42.7 Å². The Kier molecular flexibility index (Phi) is 8.50. The van der Waals surface area contributed by atoms with E-state index in [1.54, 1.807) is 18.2 Å². The van der Waals surface area contributed by atoms with E-state index in [0.29, 0.717) is 27.9 Å². The van der Waals surface area contributed by atoms with Crippen LogP contribution < -0.4 is 5.73 Å². The molecule has 0 heterocycles. The van der Waals surface area contributed by atoms with Gasteiger partial charge < -0.3 is 10.5 Å². The third kappa shape index (κ3) is 6.04. The van der Waals surface area contributed by atoms with Crippen molar-refractivity contribution in [1.29, 1.82) is 0 Å². The van der Waals surface area contributed by atoms with Gasteiger partial charge in [0.25, 0.3) is 0 Å². The summed E-state index contributed by atoms with van der Waals surface area (Å²) in [4.78, 5) is 11.6. The summed E-state index contributed by atoms with van der Waals surface area (Å²) in [6.45, 7) is 4.04. The normalized spacial score (nSPS) is 11.9. The van der Waals surface area contributed by atoms with Crippen molar-refractivity contribution in [3.63, 3.8) is 0 Å². The summed E-state index contributed by atoms with van der Waals surface area (Å²) >= 11 is 11.9. The highest BCUT2D eigenvalue weighted by Crippen LogP contribution is 2.25. The van der Waals surface area contributed by atoms with Crippen molar-refractivity contribution in [2.45, 2.75) is 32.9 Å². The molecule has 1 rings (SSSR count). The summed E-state index contributed by atoms with van der Waals surface area (Å²) in [6.07, 6.45) is 0.592. The Morgan fingerprint density at radius 1 is 1.32 bits per heavy atom. The van der Waals surface area contributed by atoms with Gasteiger partial charge in [-0.25, -0.2) is 0 Å². The first-order chi connectivity index (χ1) is 8.41. The number of hydrogen-bond donors (Lipinski definition) is 1. The van der Waals surface area contributed by atoms with Gasteiger partial charge in [0, 0.05) is 15.6 Å². The molecule has 0 aliphatic heterocycles. The van der Waals surface area contributed by atoms with Gasteiger partial charge in [0.05, 0.1) is 0 Å². The average molecular weight is 324 g/mol. The van der Waals surface area contributed by atoms with Crippen LogP contribution in [-0.4, -0.2) is 12.0 Å². The minimum Gasteiger partial charge on any atom is -0.460 e. The molecule has 0 spiro atoms. The minimum atomic E-state index is -0.605. The molecular formula is C13H19Cl2NO2S. The van der Waals surface area contributed by atoms with Gasteiger partial charge in [-0.15, -0.1) is 0 Å². The Morgan fingerprint density at radius 2 is 1.84 bits per heavy atom. The van der Waals surface area contributed by atoms with Crippen LogP contribution in [0, 0.1) is 5.92 Å². The summed E-state index contributed by atoms with van der Waals surface area (Å²) in [5, 5.41) is 0.959. The topological polar surface area (TPSA) is 52.3 Å². The molecule has 1 atom stereocenters. The van der Waals surface area contributed by atoms with Gasteiger partial charge in [0.15, 0.2) is 0 Å². The Hall–Kier alpha value is -0.420. The SMILES string of the molecule is CC(C)C[C@H](N)C(=O)OCc1c(Cl)cccc1Cl.S. The fraction of sp³-hybridized carbons (Fsp3) is 0.462. The van der Waals surface area contributed by atoms with Crippen molar-refractivity contribution in [2.24, 2.45) is 11.7 Å². The second kappa shape index (κ2) is 8.69. The number of halogens is 2. The predicted molar refractivity (Wildman–Crippen MR) is 84.1 cm³/mol. The van der Waals surface area contributed by atoms with Crippen LogP contribution in [0.5, 0.6) is 0 Å². The third-order valence-electron chi connectivity index (χ3n) is 2.45. The lowest BCUT2D eigenvalue weighted by molar-refractivity contribution is -0.146. The first-order valence-electron chi connectivity index (χ1n) is 5.77. The largest absolute Gasteiger partial charge is 0.460 e. The van der Waals surface area contributed by atoms with E-state index in [0.717, 1.165) is 0 Å². The average Bonchev–Trinajstić information content (AvgIpc) is 2.27. The number of esters is 1. The van der Waals surface area contributed by atoms with Crippen LogP contribution in [0.25, 0.3) is 0 Å². The van der Waals surface area contributed by atoms with Crippen molar-refractivity contribution in [3.8, 4) is 0 Å². The van der Waals surface area contributed by atoms with Gasteiger partial charge in [-0.3, -0.25) is 4.79 Å². The molecule has 0 aliphatic carbocycles. The van der Waals surface area contributed by atoms with Gasteiger partial charge in [-0.1, -0.05) is 43.1 Å². The fourth-order valence-electron chi connectivity index (χ4n) is 1.52. The Balaban J connectivity index is 0.00000324. The Morgan fingerprint density at radius 3 is 2.32 bits per heavy atom. The summed E-state index contributed by atoms with van der Waals surface area (Å²) in [6, 6.07) is 4.53. The molecule has 0 aliphatic rings. The van der Waals surface area contributed by atoms with E-state index in [1.165, 1.54) is 0 Å². The number of benzene rings is 1. The first kappa shape index (κ1) is 18.6. The lowest BCUT2D eigenvalue weighted by atomic mass is 10.1. The maximum Gasteiger partial charge on any atom is 0.323 e. The maximum atomic E-state index is 11.6. The number of carbonyl (C=O) groups is 1. The number of hydrogen-bond acceptors (Lipinski definition) is 3. The number of rotatable bonds is 5. The zero-order valence-electron chi connectivity index (χ0n) is 11.0. The molecule has 0 unspecified atom stereocenters. The molecule has 0 aromatic heterocycles. The highest BCUT2D eigenvalue weighted by atomic mass is 35.5. The van der Waals surface area contributed by atoms with E-state index in [2.05, 4.69) is 0 Å². The molecule has 6 heteroatoms. The summed E-state index contributed by atoms with van der Waals surface area (Å²) in [7, 11) is 0. The molecule has 0 saturated heterocycles. The maximum absolute atomic E-state index is 11.6. The van der Waals surface area contributed by atoms with E-state index in [1.807, 2.05) is 13.8 Å². The molecule has 0 amide bonds. The lowest BCUT2D eigenvalue weighted by Gasteiger charge is -2.14. The Labute approximate surface area is 130 Å². The molecule has 0 saturated carbocycles. The molecular weight excluding hydrogens is 305 g/mol. The van der Waals surface area contributed by atoms with E-state index in [-0.39, 0.29) is 20.1 Å². The molecule has 3 nitrogen and oxygen atoms in total. The number of carbonyl (C=O) groups excluding carboxylic acids is 1. The second-order valence-corrected chi connectivity index (χ2v) is 5.36. The van der Waals surface area contributed by atoms with Crippen LogP contribution in [0.2, 0.25) is 10.0 Å². The standard InChI is InChI=1S/C13H17Cl2NO2.H2S/c1-8(2)6-12(16)13(17)18-7-9-10(14)4-3-5-11(9)15;/h3-5,8,12H,6-7,16H2,1-2H3;1H2/t12-;/m0./s1. The van der Waals surface area contributed by atoms with Crippen molar-refractivity contribution in [2.75, 3.05) is 0 Å². The van der Waals surface area contributed by atoms with Crippen molar-refractivity contribution in [1.82, 2.24) is 0 Å². The molecule has 0 bridgehead atoms. The summed E-state index contributed by atoms with van der Waals surface area (Å²) in [5.41, 5.74) is 6.32. The molecule has 1 aromatic rings. The second-order valence-electron chi connectivity index (χ2n) is 4.54. The van der Waals surface area contributed by atoms with Crippen LogP contribution >= 0.6 is 36.7 Å². The predicted octanol–water partition coefficient (Wildman–Crippen LogP) is 3.52. The van der Waals surface area contributed by atoms with Gasteiger partial charge in [0.2, 0.25) is 0 Å². The highest BCUT2D eigenvalue weighted by Gasteiger charge is 2.17. The van der Waals surface area contributed by atoms with E-state index < -0.39 is 12.0 Å². The molecule has 2 N–H and O–H groups in total. The number of nitrogens with two attached hydrogens (primary N) is 1. The summed E-state index contributed by atoms with van der Waals surface area (Å²) < 4.78 is 5.12. The smallest absolute Gasteiger partial charge is 0.323 e. The van der Waals surface area contributed by atoms with Crippen molar-refractivity contribution < 1.29 is 9.53 Å². The highest BCUT2D eigenvalue weighted by molar-refractivity contribution is 7.59. The van der Waals surface area contributed by atoms with E-state index in [4.69, 9.17) is 33.7 Å². The lowest BCUT2D eigenvalue weighted by Crippen LogP contribution is -2.33.